The smallest absolute Gasteiger partial charge is 0.200 e. The van der Waals surface area contributed by atoms with Crippen molar-refractivity contribution >= 4 is 11.3 Å². The third kappa shape index (κ3) is 3.23. The van der Waals surface area contributed by atoms with Gasteiger partial charge in [-0.25, -0.2) is 0 Å². The Morgan fingerprint density at radius 3 is 3.00 bits per heavy atom. The maximum absolute atomic E-state index is 4.40. The highest BCUT2D eigenvalue weighted by Gasteiger charge is 2.21. The predicted molar refractivity (Wildman–Crippen MR) is 93.9 cm³/mol. The number of hydrogen-bond acceptors (Lipinski definition) is 5. The van der Waals surface area contributed by atoms with Crippen molar-refractivity contribution < 1.29 is 0 Å². The zero-order chi connectivity index (χ0) is 16.4. The second-order valence-corrected chi connectivity index (χ2v) is 6.50. The van der Waals surface area contributed by atoms with Gasteiger partial charge in [-0.1, -0.05) is 30.3 Å². The number of nitrogens with zero attached hydrogens (tertiary/aromatic N) is 5. The van der Waals surface area contributed by atoms with Crippen molar-refractivity contribution in [3.63, 3.8) is 0 Å². The molecule has 0 bridgehead atoms. The Kier molecular flexibility index (Phi) is 4.13. The zero-order valence-corrected chi connectivity index (χ0v) is 13.9. The van der Waals surface area contributed by atoms with Gasteiger partial charge in [-0.2, -0.15) is 9.61 Å². The Balaban J connectivity index is 1.47. The standard InChI is InChI=1S/C18H22N6/c1-14-10-17(18-21-19-13-24(18)22-14)20-16-8-5-9-23(12-16)11-15-6-3-2-4-7-15/h2-4,6-7,10,13,16,20H,5,8-9,11-12H2,1H3/t16-/m0/s1. The number of hydrogen-bond donors (Lipinski definition) is 1. The molecule has 0 amide bonds. The summed E-state index contributed by atoms with van der Waals surface area (Å²) in [6.45, 7) is 5.20. The molecular weight excluding hydrogens is 300 g/mol. The van der Waals surface area contributed by atoms with Crippen molar-refractivity contribution in [2.45, 2.75) is 32.4 Å². The molecule has 1 saturated heterocycles. The lowest BCUT2D eigenvalue weighted by Crippen LogP contribution is -2.41. The molecule has 1 aliphatic heterocycles. The number of anilines is 1. The van der Waals surface area contributed by atoms with Crippen molar-refractivity contribution in [1.82, 2.24) is 24.7 Å². The maximum Gasteiger partial charge on any atom is 0.200 e. The van der Waals surface area contributed by atoms with Crippen LogP contribution >= 0.6 is 0 Å². The average molecular weight is 322 g/mol. The number of rotatable bonds is 4. The molecule has 24 heavy (non-hydrogen) atoms. The molecule has 0 spiro atoms. The summed E-state index contributed by atoms with van der Waals surface area (Å²) in [6.07, 6.45) is 4.03. The van der Waals surface area contributed by atoms with Crippen LogP contribution in [0.15, 0.2) is 42.7 Å². The second kappa shape index (κ2) is 6.57. The minimum absolute atomic E-state index is 0.421. The topological polar surface area (TPSA) is 58.3 Å². The molecule has 6 heteroatoms. The number of fused-ring (bicyclic) bond motifs is 1. The molecule has 4 rings (SSSR count). The van der Waals surface area contributed by atoms with E-state index in [0.29, 0.717) is 6.04 Å². The van der Waals surface area contributed by atoms with E-state index in [-0.39, 0.29) is 0 Å². The van der Waals surface area contributed by atoms with Gasteiger partial charge < -0.3 is 5.32 Å². The lowest BCUT2D eigenvalue weighted by Gasteiger charge is -2.33. The number of likely N-dealkylation sites (tertiary alicyclic amines) is 1. The highest BCUT2D eigenvalue weighted by atomic mass is 15.3. The summed E-state index contributed by atoms with van der Waals surface area (Å²) < 4.78 is 1.74. The van der Waals surface area contributed by atoms with E-state index < -0.39 is 0 Å². The average Bonchev–Trinajstić information content (AvgIpc) is 3.04. The summed E-state index contributed by atoms with van der Waals surface area (Å²) in [5, 5.41) is 16.2. The Hall–Kier alpha value is -2.47. The van der Waals surface area contributed by atoms with Gasteiger partial charge in [0.2, 0.25) is 5.65 Å². The normalized spacial score (nSPS) is 18.8. The van der Waals surface area contributed by atoms with E-state index in [1.54, 1.807) is 10.8 Å². The van der Waals surface area contributed by atoms with Crippen molar-refractivity contribution in [2.24, 2.45) is 0 Å². The number of benzene rings is 1. The summed E-state index contributed by atoms with van der Waals surface area (Å²) in [4.78, 5) is 2.52. The monoisotopic (exact) mass is 322 g/mol. The summed E-state index contributed by atoms with van der Waals surface area (Å²) >= 11 is 0. The van der Waals surface area contributed by atoms with Gasteiger partial charge >= 0.3 is 0 Å². The molecule has 1 aromatic carbocycles. The molecule has 3 aromatic rings. The maximum atomic E-state index is 4.40. The van der Waals surface area contributed by atoms with Crippen molar-refractivity contribution in [2.75, 3.05) is 18.4 Å². The number of aryl methyl sites for hydroxylation is 1. The van der Waals surface area contributed by atoms with E-state index in [9.17, 15) is 0 Å². The fraction of sp³-hybridized carbons (Fsp3) is 0.389. The van der Waals surface area contributed by atoms with Crippen LogP contribution in [0, 0.1) is 6.92 Å². The third-order valence-corrected chi connectivity index (χ3v) is 4.50. The molecule has 1 N–H and O–H groups in total. The van der Waals surface area contributed by atoms with Crippen molar-refractivity contribution in [1.29, 1.82) is 0 Å². The van der Waals surface area contributed by atoms with Crippen LogP contribution in [0.5, 0.6) is 0 Å². The quantitative estimate of drug-likeness (QED) is 0.800. The van der Waals surface area contributed by atoms with Crippen LogP contribution < -0.4 is 5.32 Å². The Bertz CT molecular complexity index is 813. The number of aromatic nitrogens is 4. The van der Waals surface area contributed by atoms with Crippen LogP contribution in [-0.4, -0.2) is 43.8 Å². The van der Waals surface area contributed by atoms with Crippen LogP contribution in [0.1, 0.15) is 24.1 Å². The SMILES string of the molecule is Cc1cc(N[C@H]2CCCN(Cc3ccccc3)C2)c2nncn2n1. The number of piperidine rings is 1. The Morgan fingerprint density at radius 1 is 1.25 bits per heavy atom. The lowest BCUT2D eigenvalue weighted by atomic mass is 10.0. The predicted octanol–water partition coefficient (Wildman–Crippen LogP) is 2.51. The van der Waals surface area contributed by atoms with Gasteiger partial charge in [0.25, 0.3) is 0 Å². The van der Waals surface area contributed by atoms with E-state index in [1.165, 1.54) is 18.4 Å². The van der Waals surface area contributed by atoms with Crippen LogP contribution in [0.3, 0.4) is 0 Å². The van der Waals surface area contributed by atoms with Crippen molar-refractivity contribution in [3.05, 3.63) is 54.0 Å². The van der Waals surface area contributed by atoms with Gasteiger partial charge in [-0.15, -0.1) is 10.2 Å². The second-order valence-electron chi connectivity index (χ2n) is 6.50. The molecule has 1 fully saturated rings. The molecule has 124 valence electrons. The third-order valence-electron chi connectivity index (χ3n) is 4.50. The van der Waals surface area contributed by atoms with Gasteiger partial charge in [-0.05, 0) is 37.9 Å². The fourth-order valence-electron chi connectivity index (χ4n) is 3.44. The molecule has 0 unspecified atom stereocenters. The zero-order valence-electron chi connectivity index (χ0n) is 13.9. The molecule has 0 saturated carbocycles. The summed E-state index contributed by atoms with van der Waals surface area (Å²) in [5.41, 5.74) is 4.15. The number of nitrogens with one attached hydrogen (secondary N) is 1. The van der Waals surface area contributed by atoms with E-state index in [1.807, 2.05) is 6.92 Å². The summed E-state index contributed by atoms with van der Waals surface area (Å²) in [7, 11) is 0. The van der Waals surface area contributed by atoms with Crippen LogP contribution in [0.2, 0.25) is 0 Å². The largest absolute Gasteiger partial charge is 0.378 e. The Morgan fingerprint density at radius 2 is 2.12 bits per heavy atom. The molecule has 3 heterocycles. The first kappa shape index (κ1) is 15.1. The molecule has 0 aliphatic carbocycles. The lowest BCUT2D eigenvalue weighted by molar-refractivity contribution is 0.208. The van der Waals surface area contributed by atoms with Crippen LogP contribution in [-0.2, 0) is 6.54 Å². The molecular formula is C18H22N6. The minimum Gasteiger partial charge on any atom is -0.378 e. The molecule has 6 nitrogen and oxygen atoms in total. The van der Waals surface area contributed by atoms with Gasteiger partial charge in [0.05, 0.1) is 11.4 Å². The highest BCUT2D eigenvalue weighted by Crippen LogP contribution is 2.20. The minimum atomic E-state index is 0.421. The Labute approximate surface area is 141 Å². The van der Waals surface area contributed by atoms with Gasteiger partial charge in [0.15, 0.2) is 0 Å². The van der Waals surface area contributed by atoms with Gasteiger partial charge in [0.1, 0.15) is 6.33 Å². The summed E-state index contributed by atoms with van der Waals surface area (Å²) in [6, 6.07) is 13.2. The molecule has 1 atom stereocenters. The van der Waals surface area contributed by atoms with Gasteiger partial charge in [-0.3, -0.25) is 4.90 Å². The van der Waals surface area contributed by atoms with Crippen LogP contribution in [0.4, 0.5) is 5.69 Å². The first-order chi connectivity index (χ1) is 11.8. The molecule has 0 radical (unpaired) electrons. The van der Waals surface area contributed by atoms with E-state index in [2.05, 4.69) is 61.9 Å². The molecule has 2 aromatic heterocycles. The first-order valence-electron chi connectivity index (χ1n) is 8.48. The first-order valence-corrected chi connectivity index (χ1v) is 8.48. The molecule has 1 aliphatic rings. The fourth-order valence-corrected chi connectivity index (χ4v) is 3.44. The van der Waals surface area contributed by atoms with E-state index >= 15 is 0 Å². The van der Waals surface area contributed by atoms with Crippen molar-refractivity contribution in [3.8, 4) is 0 Å². The van der Waals surface area contributed by atoms with Gasteiger partial charge in [0, 0.05) is 19.1 Å². The summed E-state index contributed by atoms with van der Waals surface area (Å²) in [5.74, 6) is 0. The van der Waals surface area contributed by atoms with E-state index in [0.717, 1.165) is 36.7 Å². The van der Waals surface area contributed by atoms with Crippen LogP contribution in [0.25, 0.3) is 5.65 Å². The highest BCUT2D eigenvalue weighted by molar-refractivity contribution is 5.67. The van der Waals surface area contributed by atoms with E-state index in [4.69, 9.17) is 0 Å².